The fraction of sp³-hybridized carbons (Fsp3) is 0.333. The number of ether oxygens (including phenoxy) is 1. The van der Waals surface area contributed by atoms with Gasteiger partial charge in [0.25, 0.3) is 0 Å². The number of anilines is 1. The molecule has 0 bridgehead atoms. The molecule has 9 nitrogen and oxygen atoms in total. The van der Waals surface area contributed by atoms with Crippen LogP contribution in [-0.2, 0) is 11.3 Å². The number of aryl methyl sites for hydroxylation is 1. The van der Waals surface area contributed by atoms with E-state index in [1.807, 2.05) is 52.0 Å². The van der Waals surface area contributed by atoms with E-state index >= 15 is 0 Å². The maximum Gasteiger partial charge on any atom is 0.407 e. The standard InChI is InChI=1S/C30H31N7O2/c1-19-33-34-28-27-14-22(21-7-5-20(15-31)6-8-21)16-36(27)17-23-13-25(9-10-26(23)37(19)28)35-12-11-24(18-35)32-29(38)39-30(2,3)4/h5-10,13-14,16,24H,11-12,17-18H2,1-4H3,(H,32,38)/t24-/m0/s1. The molecule has 0 aliphatic carbocycles. The number of hydrogen-bond acceptors (Lipinski definition) is 6. The zero-order valence-electron chi connectivity index (χ0n) is 22.6. The largest absolute Gasteiger partial charge is 0.444 e. The van der Waals surface area contributed by atoms with Crippen molar-refractivity contribution < 1.29 is 9.53 Å². The van der Waals surface area contributed by atoms with Crippen LogP contribution in [0.4, 0.5) is 10.5 Å². The number of fused-ring (bicyclic) bond motifs is 5. The smallest absolute Gasteiger partial charge is 0.407 e. The lowest BCUT2D eigenvalue weighted by Gasteiger charge is -2.23. The molecule has 0 radical (unpaired) electrons. The van der Waals surface area contributed by atoms with Gasteiger partial charge >= 0.3 is 6.09 Å². The van der Waals surface area contributed by atoms with Gasteiger partial charge in [0.2, 0.25) is 0 Å². The highest BCUT2D eigenvalue weighted by Crippen LogP contribution is 2.36. The molecule has 0 unspecified atom stereocenters. The highest BCUT2D eigenvalue weighted by Gasteiger charge is 2.28. The molecule has 0 spiro atoms. The molecule has 1 saturated heterocycles. The average Bonchev–Trinajstić information content (AvgIpc) is 3.60. The molecule has 4 heterocycles. The first-order valence-corrected chi connectivity index (χ1v) is 13.2. The van der Waals surface area contributed by atoms with Crippen molar-refractivity contribution in [1.82, 2.24) is 24.6 Å². The van der Waals surface area contributed by atoms with Crippen LogP contribution in [0.15, 0.2) is 54.7 Å². The van der Waals surface area contributed by atoms with Crippen LogP contribution in [0.5, 0.6) is 0 Å². The number of nitrogens with one attached hydrogen (secondary N) is 1. The zero-order valence-corrected chi connectivity index (χ0v) is 22.6. The molecule has 9 heteroatoms. The molecule has 1 amide bonds. The first-order valence-electron chi connectivity index (χ1n) is 13.2. The van der Waals surface area contributed by atoms with Crippen molar-refractivity contribution in [1.29, 1.82) is 5.26 Å². The number of alkyl carbamates (subject to hydrolysis) is 1. The molecule has 2 aliphatic rings. The molecule has 1 N–H and O–H groups in total. The number of carbonyl (C=O) groups excluding carboxylic acids is 1. The number of carbonyl (C=O) groups is 1. The minimum atomic E-state index is -0.518. The Labute approximate surface area is 227 Å². The number of hydrogen-bond donors (Lipinski definition) is 1. The number of amides is 1. The van der Waals surface area contributed by atoms with E-state index in [0.717, 1.165) is 59.4 Å². The minimum Gasteiger partial charge on any atom is -0.444 e. The van der Waals surface area contributed by atoms with E-state index in [4.69, 9.17) is 10.00 Å². The second-order valence-electron chi connectivity index (χ2n) is 11.2. The maximum absolute atomic E-state index is 12.3. The van der Waals surface area contributed by atoms with E-state index in [1.165, 1.54) is 5.56 Å². The number of aromatic nitrogens is 4. The van der Waals surface area contributed by atoms with Crippen LogP contribution >= 0.6 is 0 Å². The topological polar surface area (TPSA) is 101 Å². The summed E-state index contributed by atoms with van der Waals surface area (Å²) in [6, 6.07) is 18.5. The Morgan fingerprint density at radius 1 is 1.10 bits per heavy atom. The summed E-state index contributed by atoms with van der Waals surface area (Å²) < 4.78 is 9.79. The van der Waals surface area contributed by atoms with E-state index in [0.29, 0.717) is 12.1 Å². The average molecular weight is 522 g/mol. The van der Waals surface area contributed by atoms with E-state index in [-0.39, 0.29) is 12.1 Å². The third-order valence-electron chi connectivity index (χ3n) is 7.22. The van der Waals surface area contributed by atoms with Crippen molar-refractivity contribution in [3.05, 3.63) is 71.7 Å². The Hall–Kier alpha value is -4.58. The van der Waals surface area contributed by atoms with E-state index in [1.54, 1.807) is 0 Å². The van der Waals surface area contributed by atoms with E-state index < -0.39 is 5.60 Å². The van der Waals surface area contributed by atoms with Crippen LogP contribution in [0.1, 0.15) is 44.1 Å². The molecule has 2 aromatic carbocycles. The molecular weight excluding hydrogens is 490 g/mol. The van der Waals surface area contributed by atoms with Gasteiger partial charge in [-0.3, -0.25) is 4.57 Å². The third kappa shape index (κ3) is 4.74. The van der Waals surface area contributed by atoms with Gasteiger partial charge in [-0.2, -0.15) is 5.26 Å². The molecule has 4 aromatic rings. The SMILES string of the molecule is Cc1nnc2n1-c1ccc(N3CC[C@H](NC(=O)OC(C)(C)C)C3)cc1Cn1cc(-c3ccc(C#N)cc3)cc1-2. The van der Waals surface area contributed by atoms with E-state index in [9.17, 15) is 4.79 Å². The Bertz CT molecular complexity index is 1600. The van der Waals surface area contributed by atoms with Gasteiger partial charge in [0, 0.05) is 37.1 Å². The maximum atomic E-state index is 12.3. The lowest BCUT2D eigenvalue weighted by Crippen LogP contribution is -2.40. The van der Waals surface area contributed by atoms with Gasteiger partial charge in [0.05, 0.1) is 29.1 Å². The molecule has 39 heavy (non-hydrogen) atoms. The summed E-state index contributed by atoms with van der Waals surface area (Å²) in [5.74, 6) is 1.64. The second kappa shape index (κ2) is 9.31. The van der Waals surface area contributed by atoms with Gasteiger partial charge in [-0.1, -0.05) is 12.1 Å². The van der Waals surface area contributed by atoms with Gasteiger partial charge < -0.3 is 19.5 Å². The van der Waals surface area contributed by atoms with Gasteiger partial charge in [0.1, 0.15) is 11.4 Å². The lowest BCUT2D eigenvalue weighted by molar-refractivity contribution is 0.0509. The number of rotatable bonds is 3. The Morgan fingerprint density at radius 3 is 2.64 bits per heavy atom. The van der Waals surface area contributed by atoms with Crippen LogP contribution in [0.2, 0.25) is 0 Å². The highest BCUT2D eigenvalue weighted by atomic mass is 16.6. The molecule has 0 saturated carbocycles. The van der Waals surface area contributed by atoms with Gasteiger partial charge in [0.15, 0.2) is 5.82 Å². The fourth-order valence-corrected chi connectivity index (χ4v) is 5.42. The summed E-state index contributed by atoms with van der Waals surface area (Å²) in [6.45, 7) is 9.86. The zero-order chi connectivity index (χ0) is 27.3. The van der Waals surface area contributed by atoms with Crippen LogP contribution in [0.3, 0.4) is 0 Å². The normalized spacial score (nSPS) is 16.1. The fourth-order valence-electron chi connectivity index (χ4n) is 5.42. The molecule has 198 valence electrons. The number of nitriles is 1. The van der Waals surface area contributed by atoms with Crippen LogP contribution in [0, 0.1) is 18.3 Å². The Morgan fingerprint density at radius 2 is 1.90 bits per heavy atom. The quantitative estimate of drug-likeness (QED) is 0.357. The minimum absolute atomic E-state index is 0.0383. The van der Waals surface area contributed by atoms with Crippen molar-refractivity contribution in [3.8, 4) is 34.4 Å². The van der Waals surface area contributed by atoms with Gasteiger partial charge in [-0.25, -0.2) is 4.79 Å². The van der Waals surface area contributed by atoms with Crippen molar-refractivity contribution in [2.45, 2.75) is 52.3 Å². The summed E-state index contributed by atoms with van der Waals surface area (Å²) >= 11 is 0. The van der Waals surface area contributed by atoms with Crippen molar-refractivity contribution in [2.24, 2.45) is 0 Å². The van der Waals surface area contributed by atoms with Gasteiger partial charge in [-0.05, 0) is 81.6 Å². The van der Waals surface area contributed by atoms with E-state index in [2.05, 4.69) is 66.1 Å². The highest BCUT2D eigenvalue weighted by molar-refractivity contribution is 5.73. The van der Waals surface area contributed by atoms with Crippen molar-refractivity contribution in [3.63, 3.8) is 0 Å². The number of benzene rings is 2. The molecular formula is C30H31N7O2. The van der Waals surface area contributed by atoms with Crippen molar-refractivity contribution >= 4 is 11.8 Å². The summed E-state index contributed by atoms with van der Waals surface area (Å²) in [5, 5.41) is 21.1. The molecule has 1 fully saturated rings. The second-order valence-corrected chi connectivity index (χ2v) is 11.2. The number of nitrogens with zero attached hydrogens (tertiary/aromatic N) is 6. The Kier molecular flexibility index (Phi) is 5.91. The summed E-state index contributed by atoms with van der Waals surface area (Å²) in [4.78, 5) is 14.6. The molecule has 2 aliphatic heterocycles. The summed E-state index contributed by atoms with van der Waals surface area (Å²) in [6.07, 6.45) is 2.63. The predicted octanol–water partition coefficient (Wildman–Crippen LogP) is 5.05. The lowest BCUT2D eigenvalue weighted by atomic mass is 10.1. The first-order chi connectivity index (χ1) is 18.7. The van der Waals surface area contributed by atoms with Crippen LogP contribution in [-0.4, -0.2) is 50.2 Å². The molecule has 6 rings (SSSR count). The van der Waals surface area contributed by atoms with Crippen LogP contribution < -0.4 is 10.2 Å². The summed E-state index contributed by atoms with van der Waals surface area (Å²) in [5.41, 5.74) is 6.59. The van der Waals surface area contributed by atoms with Gasteiger partial charge in [-0.15, -0.1) is 10.2 Å². The van der Waals surface area contributed by atoms with Crippen molar-refractivity contribution in [2.75, 3.05) is 18.0 Å². The predicted molar refractivity (Wildman–Crippen MR) is 149 cm³/mol. The molecule has 2 aromatic heterocycles. The third-order valence-corrected chi connectivity index (χ3v) is 7.22. The summed E-state index contributed by atoms with van der Waals surface area (Å²) in [7, 11) is 0. The van der Waals surface area contributed by atoms with Crippen LogP contribution in [0.25, 0.3) is 28.3 Å². The Balaban J connectivity index is 1.30. The molecule has 1 atom stereocenters. The first kappa shape index (κ1) is 24.7. The monoisotopic (exact) mass is 521 g/mol.